The highest BCUT2D eigenvalue weighted by Gasteiger charge is 2.21. The SMILES string of the molecule is CCOC(=O)C(F)n1ccc2ccc(C)cc21. The number of aryl methyl sites for hydroxylation is 1. The third-order valence-electron chi connectivity index (χ3n) is 2.60. The van der Waals surface area contributed by atoms with Gasteiger partial charge in [-0.05, 0) is 36.9 Å². The number of carbonyl (C=O) groups excluding carboxylic acids is 1. The van der Waals surface area contributed by atoms with Crippen LogP contribution in [0.3, 0.4) is 0 Å². The number of aromatic nitrogens is 1. The van der Waals surface area contributed by atoms with Gasteiger partial charge in [0.15, 0.2) is 0 Å². The zero-order valence-corrected chi connectivity index (χ0v) is 9.81. The van der Waals surface area contributed by atoms with Gasteiger partial charge in [0.2, 0.25) is 0 Å². The molecular weight excluding hydrogens is 221 g/mol. The van der Waals surface area contributed by atoms with Gasteiger partial charge in [-0.15, -0.1) is 0 Å². The molecule has 1 heterocycles. The summed E-state index contributed by atoms with van der Waals surface area (Å²) in [5, 5.41) is 0.905. The van der Waals surface area contributed by atoms with Gasteiger partial charge in [0, 0.05) is 6.20 Å². The normalized spacial score (nSPS) is 12.6. The molecule has 0 saturated heterocycles. The van der Waals surface area contributed by atoms with Gasteiger partial charge in [0.05, 0.1) is 12.1 Å². The second-order valence-electron chi connectivity index (χ2n) is 3.87. The Morgan fingerprint density at radius 3 is 2.94 bits per heavy atom. The molecule has 3 nitrogen and oxygen atoms in total. The first kappa shape index (κ1) is 11.6. The molecule has 1 aromatic heterocycles. The lowest BCUT2D eigenvalue weighted by atomic mass is 10.2. The van der Waals surface area contributed by atoms with Crippen LogP contribution in [0.15, 0.2) is 30.5 Å². The smallest absolute Gasteiger partial charge is 0.362 e. The van der Waals surface area contributed by atoms with Gasteiger partial charge < -0.3 is 9.30 Å². The fourth-order valence-electron chi connectivity index (χ4n) is 1.78. The summed E-state index contributed by atoms with van der Waals surface area (Å²) in [7, 11) is 0. The van der Waals surface area contributed by atoms with E-state index in [1.807, 2.05) is 25.1 Å². The van der Waals surface area contributed by atoms with Crippen LogP contribution in [0.25, 0.3) is 10.9 Å². The van der Waals surface area contributed by atoms with Gasteiger partial charge in [-0.3, -0.25) is 0 Å². The van der Waals surface area contributed by atoms with Crippen molar-refractivity contribution in [3.63, 3.8) is 0 Å². The maximum Gasteiger partial charge on any atom is 0.362 e. The summed E-state index contributed by atoms with van der Waals surface area (Å²) in [5.41, 5.74) is 1.72. The number of alkyl halides is 1. The van der Waals surface area contributed by atoms with E-state index in [0.717, 1.165) is 10.9 Å². The van der Waals surface area contributed by atoms with Crippen molar-refractivity contribution < 1.29 is 13.9 Å². The van der Waals surface area contributed by atoms with E-state index in [1.165, 1.54) is 4.57 Å². The van der Waals surface area contributed by atoms with Crippen LogP contribution in [-0.4, -0.2) is 17.1 Å². The third kappa shape index (κ3) is 2.16. The first-order valence-corrected chi connectivity index (χ1v) is 5.51. The molecular formula is C13H14FNO2. The Balaban J connectivity index is 2.41. The summed E-state index contributed by atoms with van der Waals surface area (Å²) >= 11 is 0. The molecule has 2 aromatic rings. The average molecular weight is 235 g/mol. The number of benzene rings is 1. The zero-order chi connectivity index (χ0) is 12.4. The Morgan fingerprint density at radius 2 is 2.24 bits per heavy atom. The second kappa shape index (κ2) is 4.57. The first-order valence-electron chi connectivity index (χ1n) is 5.51. The number of fused-ring (bicyclic) bond motifs is 1. The molecule has 0 fully saturated rings. The Labute approximate surface area is 98.8 Å². The van der Waals surface area contributed by atoms with Crippen LogP contribution in [0, 0.1) is 6.92 Å². The van der Waals surface area contributed by atoms with Crippen molar-refractivity contribution in [1.82, 2.24) is 4.57 Å². The molecule has 1 atom stereocenters. The molecule has 90 valence electrons. The number of hydrogen-bond acceptors (Lipinski definition) is 2. The van der Waals surface area contributed by atoms with E-state index < -0.39 is 12.3 Å². The predicted molar refractivity (Wildman–Crippen MR) is 63.5 cm³/mol. The first-order chi connectivity index (χ1) is 8.13. The minimum Gasteiger partial charge on any atom is -0.462 e. The Bertz CT molecular complexity index is 547. The molecule has 0 radical (unpaired) electrons. The number of carbonyl (C=O) groups is 1. The van der Waals surface area contributed by atoms with E-state index in [0.29, 0.717) is 5.52 Å². The van der Waals surface area contributed by atoms with Crippen molar-refractivity contribution in [1.29, 1.82) is 0 Å². The van der Waals surface area contributed by atoms with Gasteiger partial charge in [-0.1, -0.05) is 12.1 Å². The lowest BCUT2D eigenvalue weighted by molar-refractivity contribution is -0.152. The molecule has 0 spiro atoms. The maximum absolute atomic E-state index is 13.9. The molecule has 4 heteroatoms. The highest BCUT2D eigenvalue weighted by molar-refractivity contribution is 5.83. The Hall–Kier alpha value is -1.84. The predicted octanol–water partition coefficient (Wildman–Crippen LogP) is 2.98. The largest absolute Gasteiger partial charge is 0.462 e. The van der Waals surface area contributed by atoms with Gasteiger partial charge in [0.25, 0.3) is 6.30 Å². The Kier molecular flexibility index (Phi) is 3.13. The second-order valence-corrected chi connectivity index (χ2v) is 3.87. The molecule has 0 aliphatic rings. The summed E-state index contributed by atoms with van der Waals surface area (Å²) < 4.78 is 19.9. The quantitative estimate of drug-likeness (QED) is 0.766. The molecule has 1 aromatic carbocycles. The number of halogens is 1. The summed E-state index contributed by atoms with van der Waals surface area (Å²) in [6.07, 6.45) is -0.222. The summed E-state index contributed by atoms with van der Waals surface area (Å²) in [6, 6.07) is 7.48. The molecule has 17 heavy (non-hydrogen) atoms. The van der Waals surface area contributed by atoms with Crippen LogP contribution in [0.4, 0.5) is 4.39 Å². The van der Waals surface area contributed by atoms with Crippen LogP contribution in [0.5, 0.6) is 0 Å². The summed E-state index contributed by atoms with van der Waals surface area (Å²) in [6.45, 7) is 3.76. The fourth-order valence-corrected chi connectivity index (χ4v) is 1.78. The van der Waals surface area contributed by atoms with Crippen molar-refractivity contribution in [3.05, 3.63) is 36.0 Å². The van der Waals surface area contributed by atoms with Crippen LogP contribution in [0.1, 0.15) is 18.8 Å². The van der Waals surface area contributed by atoms with Crippen LogP contribution < -0.4 is 0 Å². The lowest BCUT2D eigenvalue weighted by Gasteiger charge is -2.10. The lowest BCUT2D eigenvalue weighted by Crippen LogP contribution is -2.17. The number of hydrogen-bond donors (Lipinski definition) is 0. The maximum atomic E-state index is 13.9. The highest BCUT2D eigenvalue weighted by Crippen LogP contribution is 2.23. The molecule has 0 aliphatic heterocycles. The van der Waals surface area contributed by atoms with Crippen molar-refractivity contribution >= 4 is 16.9 Å². The molecule has 0 amide bonds. The van der Waals surface area contributed by atoms with E-state index in [-0.39, 0.29) is 6.61 Å². The summed E-state index contributed by atoms with van der Waals surface area (Å²) in [5.74, 6) is -0.855. The van der Waals surface area contributed by atoms with Crippen molar-refractivity contribution in [2.75, 3.05) is 6.61 Å². The fraction of sp³-hybridized carbons (Fsp3) is 0.308. The van der Waals surface area contributed by atoms with Crippen molar-refractivity contribution in [3.8, 4) is 0 Å². The number of rotatable bonds is 3. The van der Waals surface area contributed by atoms with Gasteiger partial charge in [-0.25, -0.2) is 9.18 Å². The number of nitrogens with zero attached hydrogens (tertiary/aromatic N) is 1. The molecule has 2 rings (SSSR count). The molecule has 0 N–H and O–H groups in total. The van der Waals surface area contributed by atoms with E-state index in [4.69, 9.17) is 0 Å². The summed E-state index contributed by atoms with van der Waals surface area (Å²) in [4.78, 5) is 11.4. The minimum atomic E-state index is -1.78. The molecule has 0 saturated carbocycles. The molecule has 0 bridgehead atoms. The molecule has 0 aliphatic carbocycles. The monoisotopic (exact) mass is 235 g/mol. The highest BCUT2D eigenvalue weighted by atomic mass is 19.1. The van der Waals surface area contributed by atoms with Crippen molar-refractivity contribution in [2.24, 2.45) is 0 Å². The number of ether oxygens (including phenoxy) is 1. The van der Waals surface area contributed by atoms with E-state index in [1.54, 1.807) is 19.2 Å². The van der Waals surface area contributed by atoms with E-state index >= 15 is 0 Å². The molecule has 1 unspecified atom stereocenters. The number of esters is 1. The average Bonchev–Trinajstić information content (AvgIpc) is 2.71. The van der Waals surface area contributed by atoms with E-state index in [9.17, 15) is 9.18 Å². The minimum absolute atomic E-state index is 0.178. The Morgan fingerprint density at radius 1 is 1.47 bits per heavy atom. The third-order valence-corrected chi connectivity index (χ3v) is 2.60. The topological polar surface area (TPSA) is 31.2 Å². The van der Waals surface area contributed by atoms with Gasteiger partial charge in [0.1, 0.15) is 0 Å². The van der Waals surface area contributed by atoms with Crippen LogP contribution in [0.2, 0.25) is 0 Å². The standard InChI is InChI=1S/C13H14FNO2/c1-3-17-13(16)12(14)15-7-6-10-5-4-9(2)8-11(10)15/h4-8,12H,3H2,1-2H3. The van der Waals surface area contributed by atoms with E-state index in [2.05, 4.69) is 4.74 Å². The van der Waals surface area contributed by atoms with Crippen LogP contribution >= 0.6 is 0 Å². The van der Waals surface area contributed by atoms with Gasteiger partial charge >= 0.3 is 5.97 Å². The van der Waals surface area contributed by atoms with Gasteiger partial charge in [-0.2, -0.15) is 0 Å². The zero-order valence-electron chi connectivity index (χ0n) is 9.81. The van der Waals surface area contributed by atoms with Crippen LogP contribution in [-0.2, 0) is 9.53 Å². The van der Waals surface area contributed by atoms with Crippen molar-refractivity contribution in [2.45, 2.75) is 20.1 Å².